The number of ketones is 1. The van der Waals surface area contributed by atoms with Gasteiger partial charge in [-0.3, -0.25) is 4.79 Å². The van der Waals surface area contributed by atoms with Gasteiger partial charge in [0.05, 0.1) is 5.02 Å². The molecule has 0 saturated heterocycles. The molecule has 27 heavy (non-hydrogen) atoms. The molecule has 0 aliphatic heterocycles. The number of anilines is 1. The number of rotatable bonds is 8. The summed E-state index contributed by atoms with van der Waals surface area (Å²) in [4.78, 5) is 12.3. The summed E-state index contributed by atoms with van der Waals surface area (Å²) in [5.41, 5.74) is 2.40. The van der Waals surface area contributed by atoms with E-state index in [1.807, 2.05) is 32.0 Å². The van der Waals surface area contributed by atoms with E-state index in [4.69, 9.17) is 23.2 Å². The van der Waals surface area contributed by atoms with Gasteiger partial charge in [-0.1, -0.05) is 55.8 Å². The van der Waals surface area contributed by atoms with Gasteiger partial charge < -0.3 is 5.32 Å². The lowest BCUT2D eigenvalue weighted by Crippen LogP contribution is -2.24. The quantitative estimate of drug-likeness (QED) is 0.501. The zero-order valence-electron chi connectivity index (χ0n) is 15.7. The van der Waals surface area contributed by atoms with Gasteiger partial charge in [0.1, 0.15) is 11.6 Å². The van der Waals surface area contributed by atoms with Gasteiger partial charge in [-0.05, 0) is 60.9 Å². The Kier molecular flexibility index (Phi) is 7.46. The third kappa shape index (κ3) is 4.91. The summed E-state index contributed by atoms with van der Waals surface area (Å²) in [7, 11) is 0. The number of hydrogen-bond donors (Lipinski definition) is 1. The Morgan fingerprint density at radius 2 is 2.00 bits per heavy atom. The molecule has 0 heterocycles. The van der Waals surface area contributed by atoms with Crippen LogP contribution in [0.15, 0.2) is 49.2 Å². The van der Waals surface area contributed by atoms with Crippen LogP contribution in [0.2, 0.25) is 10.0 Å². The topological polar surface area (TPSA) is 29.1 Å². The minimum Gasteiger partial charge on any atom is -0.362 e. The Labute approximate surface area is 170 Å². The van der Waals surface area contributed by atoms with Crippen LogP contribution in [0.1, 0.15) is 50.2 Å². The van der Waals surface area contributed by atoms with Crippen molar-refractivity contribution in [3.8, 4) is 0 Å². The largest absolute Gasteiger partial charge is 0.362 e. The fraction of sp³-hybridized carbons (Fsp3) is 0.318. The Bertz CT molecular complexity index is 837. The molecule has 3 atom stereocenters. The van der Waals surface area contributed by atoms with E-state index in [9.17, 15) is 9.18 Å². The molecular weight excluding hydrogens is 384 g/mol. The lowest BCUT2D eigenvalue weighted by molar-refractivity contribution is -0.121. The second-order valence-corrected chi connectivity index (χ2v) is 7.54. The van der Waals surface area contributed by atoms with Gasteiger partial charge in [0.25, 0.3) is 0 Å². The van der Waals surface area contributed by atoms with Crippen molar-refractivity contribution in [2.24, 2.45) is 5.92 Å². The van der Waals surface area contributed by atoms with Gasteiger partial charge in [0.2, 0.25) is 0 Å². The molecule has 0 radical (unpaired) electrons. The second kappa shape index (κ2) is 9.38. The smallest absolute Gasteiger partial charge is 0.142 e. The molecule has 144 valence electrons. The van der Waals surface area contributed by atoms with Crippen LogP contribution in [0.3, 0.4) is 0 Å². The first-order valence-corrected chi connectivity index (χ1v) is 9.68. The lowest BCUT2D eigenvalue weighted by atomic mass is 9.72. The zero-order valence-corrected chi connectivity index (χ0v) is 17.2. The van der Waals surface area contributed by atoms with Crippen molar-refractivity contribution in [1.82, 2.24) is 0 Å². The summed E-state index contributed by atoms with van der Waals surface area (Å²) < 4.78 is 14.3. The van der Waals surface area contributed by atoms with E-state index >= 15 is 0 Å². The first-order valence-electron chi connectivity index (χ1n) is 8.92. The molecule has 0 aliphatic carbocycles. The number of halogens is 3. The Morgan fingerprint density at radius 3 is 2.56 bits per heavy atom. The number of carbonyl (C=O) groups excluding carboxylic acids is 1. The molecule has 0 fully saturated rings. The minimum absolute atomic E-state index is 0.0388. The molecule has 0 spiro atoms. The van der Waals surface area contributed by atoms with Crippen molar-refractivity contribution >= 4 is 34.7 Å². The van der Waals surface area contributed by atoms with Crippen molar-refractivity contribution in [2.45, 2.75) is 39.0 Å². The molecule has 0 amide bonds. The summed E-state index contributed by atoms with van der Waals surface area (Å²) in [6.07, 6.45) is 2.24. The Balaban J connectivity index is 2.67. The molecule has 0 bridgehead atoms. The van der Waals surface area contributed by atoms with E-state index in [2.05, 4.69) is 11.9 Å². The van der Waals surface area contributed by atoms with Gasteiger partial charge in [0.15, 0.2) is 0 Å². The minimum atomic E-state index is -0.486. The van der Waals surface area contributed by atoms with E-state index in [0.717, 1.165) is 11.1 Å². The van der Waals surface area contributed by atoms with E-state index in [0.29, 0.717) is 17.1 Å². The Morgan fingerprint density at radius 1 is 1.30 bits per heavy atom. The Hall–Kier alpha value is -1.84. The highest BCUT2D eigenvalue weighted by Crippen LogP contribution is 2.45. The van der Waals surface area contributed by atoms with Crippen LogP contribution >= 0.6 is 23.2 Å². The average molecular weight is 408 g/mol. The van der Waals surface area contributed by atoms with Crippen LogP contribution in [-0.4, -0.2) is 5.78 Å². The fourth-order valence-electron chi connectivity index (χ4n) is 3.61. The summed E-state index contributed by atoms with van der Waals surface area (Å²) in [5, 5.41) is 3.69. The zero-order chi connectivity index (χ0) is 20.1. The molecule has 2 aromatic carbocycles. The van der Waals surface area contributed by atoms with Crippen LogP contribution in [-0.2, 0) is 4.79 Å². The van der Waals surface area contributed by atoms with Crippen LogP contribution in [0.25, 0.3) is 0 Å². The maximum Gasteiger partial charge on any atom is 0.142 e. The van der Waals surface area contributed by atoms with Crippen LogP contribution in [0, 0.1) is 11.7 Å². The maximum atomic E-state index is 14.3. The van der Waals surface area contributed by atoms with Crippen LogP contribution < -0.4 is 5.32 Å². The highest BCUT2D eigenvalue weighted by molar-refractivity contribution is 6.31. The van der Waals surface area contributed by atoms with Crippen LogP contribution in [0.5, 0.6) is 0 Å². The van der Waals surface area contributed by atoms with Gasteiger partial charge >= 0.3 is 0 Å². The molecule has 0 aromatic heterocycles. The molecule has 1 N–H and O–H groups in total. The normalized spacial score (nSPS) is 14.3. The van der Waals surface area contributed by atoms with Crippen molar-refractivity contribution in [1.29, 1.82) is 0 Å². The summed E-state index contributed by atoms with van der Waals surface area (Å²) in [6, 6.07) is 10.5. The monoisotopic (exact) mass is 407 g/mol. The predicted octanol–water partition coefficient (Wildman–Crippen LogP) is 7.19. The van der Waals surface area contributed by atoms with Crippen molar-refractivity contribution in [3.05, 3.63) is 76.2 Å². The molecule has 5 heteroatoms. The summed E-state index contributed by atoms with van der Waals surface area (Å²) in [6.45, 7) is 9.21. The van der Waals surface area contributed by atoms with Crippen molar-refractivity contribution in [2.75, 3.05) is 5.32 Å². The third-order valence-corrected chi connectivity index (χ3v) is 5.56. The molecule has 0 aliphatic rings. The van der Waals surface area contributed by atoms with Crippen molar-refractivity contribution < 1.29 is 9.18 Å². The average Bonchev–Trinajstić information content (AvgIpc) is 2.62. The molecule has 0 saturated carbocycles. The lowest BCUT2D eigenvalue weighted by Gasteiger charge is -2.32. The van der Waals surface area contributed by atoms with Gasteiger partial charge in [0, 0.05) is 22.5 Å². The van der Waals surface area contributed by atoms with Gasteiger partial charge in [-0.25, -0.2) is 4.39 Å². The summed E-state index contributed by atoms with van der Waals surface area (Å²) in [5.74, 6) is -0.941. The highest BCUT2D eigenvalue weighted by Gasteiger charge is 2.33. The first kappa shape index (κ1) is 21.5. The molecule has 2 rings (SSSR count). The van der Waals surface area contributed by atoms with E-state index in [1.165, 1.54) is 12.3 Å². The second-order valence-electron chi connectivity index (χ2n) is 6.70. The first-order chi connectivity index (χ1) is 12.8. The highest BCUT2D eigenvalue weighted by atomic mass is 35.5. The van der Waals surface area contributed by atoms with Gasteiger partial charge in [-0.15, -0.1) is 0 Å². The molecule has 2 nitrogen and oxygen atoms in total. The third-order valence-electron chi connectivity index (χ3n) is 5.04. The van der Waals surface area contributed by atoms with E-state index in [1.54, 1.807) is 19.1 Å². The van der Waals surface area contributed by atoms with Crippen molar-refractivity contribution in [3.63, 3.8) is 0 Å². The van der Waals surface area contributed by atoms with E-state index < -0.39 is 5.82 Å². The summed E-state index contributed by atoms with van der Waals surface area (Å²) >= 11 is 12.2. The number of Topliss-reactive ketones (excluding diaryl/α,β-unsaturated/α-hetero) is 1. The molecular formula is C22H24Cl2FNO. The maximum absolute atomic E-state index is 14.3. The molecule has 2 aromatic rings. The number of hydrogen-bond acceptors (Lipinski definition) is 2. The number of carbonyl (C=O) groups is 1. The van der Waals surface area contributed by atoms with E-state index in [-0.39, 0.29) is 28.6 Å². The molecule has 1 unspecified atom stereocenters. The SMILES string of the molecule is C=CNc1cc(Cl)c(F)cc1C(CC)[C@@H](c1cccc(Cl)c1)[C@@H](C)C(C)=O. The number of benzene rings is 2. The standard InChI is InChI=1S/C22H24Cl2FNO/c1-5-17(18-11-20(25)19(24)12-21(18)26-6-2)22(13(3)14(4)27)15-8-7-9-16(23)10-15/h6-13,17,22,26H,2,5H2,1,3-4H3/t13-,17?,22+/m0/s1. The van der Waals surface area contributed by atoms with Gasteiger partial charge in [-0.2, -0.15) is 0 Å². The van der Waals surface area contributed by atoms with Crippen LogP contribution in [0.4, 0.5) is 10.1 Å². The number of nitrogens with one attached hydrogen (secondary N) is 1. The predicted molar refractivity (Wildman–Crippen MR) is 112 cm³/mol. The fourth-order valence-corrected chi connectivity index (χ4v) is 3.97.